The lowest BCUT2D eigenvalue weighted by Crippen LogP contribution is -2.45. The Morgan fingerprint density at radius 1 is 1.16 bits per heavy atom. The van der Waals surface area contributed by atoms with Gasteiger partial charge in [-0.05, 0) is 29.5 Å². The van der Waals surface area contributed by atoms with Gasteiger partial charge in [-0.3, -0.25) is 9.69 Å². The Balaban J connectivity index is 1.63. The van der Waals surface area contributed by atoms with Gasteiger partial charge in [-0.1, -0.05) is 42.5 Å². The molecule has 0 bridgehead atoms. The summed E-state index contributed by atoms with van der Waals surface area (Å²) in [6.07, 6.45) is 1.56. The van der Waals surface area contributed by atoms with E-state index in [1.54, 1.807) is 11.8 Å². The van der Waals surface area contributed by atoms with Crippen molar-refractivity contribution in [3.05, 3.63) is 65.7 Å². The van der Waals surface area contributed by atoms with Crippen LogP contribution in [0, 0.1) is 0 Å². The molecule has 1 N–H and O–H groups in total. The zero-order valence-corrected chi connectivity index (χ0v) is 14.8. The van der Waals surface area contributed by atoms with Crippen LogP contribution in [-0.2, 0) is 22.6 Å². The van der Waals surface area contributed by atoms with Crippen molar-refractivity contribution in [3.8, 4) is 0 Å². The SMILES string of the molecule is CSc1ccc(CN2C(=O)OC[C@H]2C(=O)NCc2ccccc2)cc1. The lowest BCUT2D eigenvalue weighted by Gasteiger charge is -2.21. The van der Waals surface area contributed by atoms with Gasteiger partial charge in [-0.15, -0.1) is 11.8 Å². The van der Waals surface area contributed by atoms with Crippen LogP contribution < -0.4 is 5.32 Å². The quantitative estimate of drug-likeness (QED) is 0.808. The molecule has 1 atom stereocenters. The predicted molar refractivity (Wildman–Crippen MR) is 97.2 cm³/mol. The number of carbonyl (C=O) groups is 2. The number of benzene rings is 2. The van der Waals surface area contributed by atoms with Crippen LogP contribution in [0.15, 0.2) is 59.5 Å². The lowest BCUT2D eigenvalue weighted by molar-refractivity contribution is -0.125. The second-order valence-corrected chi connectivity index (χ2v) is 6.65. The third-order valence-electron chi connectivity index (χ3n) is 4.10. The highest BCUT2D eigenvalue weighted by atomic mass is 32.2. The Labute approximate surface area is 151 Å². The zero-order valence-electron chi connectivity index (χ0n) is 14.0. The first-order valence-electron chi connectivity index (χ1n) is 8.05. The van der Waals surface area contributed by atoms with Crippen LogP contribution >= 0.6 is 11.8 Å². The molecule has 0 saturated carbocycles. The summed E-state index contributed by atoms with van der Waals surface area (Å²) in [5.74, 6) is -0.199. The number of carbonyl (C=O) groups excluding carboxylic acids is 2. The fraction of sp³-hybridized carbons (Fsp3) is 0.263. The van der Waals surface area contributed by atoms with Gasteiger partial charge in [0.1, 0.15) is 12.6 Å². The van der Waals surface area contributed by atoms with Crippen molar-refractivity contribution in [2.24, 2.45) is 0 Å². The second-order valence-electron chi connectivity index (χ2n) is 5.77. The molecule has 0 radical (unpaired) electrons. The van der Waals surface area contributed by atoms with Gasteiger partial charge >= 0.3 is 6.09 Å². The molecule has 2 amide bonds. The predicted octanol–water partition coefficient (Wildman–Crippen LogP) is 3.05. The normalized spacial score (nSPS) is 16.6. The molecule has 1 aliphatic heterocycles. The molecule has 5 nitrogen and oxygen atoms in total. The summed E-state index contributed by atoms with van der Waals surface area (Å²) >= 11 is 1.66. The largest absolute Gasteiger partial charge is 0.447 e. The van der Waals surface area contributed by atoms with Crippen molar-refractivity contribution >= 4 is 23.8 Å². The number of hydrogen-bond acceptors (Lipinski definition) is 4. The molecule has 6 heteroatoms. The van der Waals surface area contributed by atoms with Gasteiger partial charge in [-0.25, -0.2) is 4.79 Å². The van der Waals surface area contributed by atoms with Gasteiger partial charge in [0.2, 0.25) is 5.91 Å². The van der Waals surface area contributed by atoms with Crippen molar-refractivity contribution in [3.63, 3.8) is 0 Å². The number of rotatable bonds is 6. The highest BCUT2D eigenvalue weighted by molar-refractivity contribution is 7.98. The van der Waals surface area contributed by atoms with Crippen molar-refractivity contribution in [2.45, 2.75) is 24.0 Å². The summed E-state index contributed by atoms with van der Waals surface area (Å²) in [4.78, 5) is 27.1. The fourth-order valence-electron chi connectivity index (χ4n) is 2.67. The first kappa shape index (κ1) is 17.4. The number of nitrogens with one attached hydrogen (secondary N) is 1. The highest BCUT2D eigenvalue weighted by Gasteiger charge is 2.37. The number of amides is 2. The van der Waals surface area contributed by atoms with E-state index in [0.717, 1.165) is 16.0 Å². The van der Waals surface area contributed by atoms with Gasteiger partial charge < -0.3 is 10.1 Å². The molecular weight excluding hydrogens is 336 g/mol. The number of ether oxygens (including phenoxy) is 1. The van der Waals surface area contributed by atoms with E-state index in [0.29, 0.717) is 13.1 Å². The van der Waals surface area contributed by atoms with Crippen LogP contribution in [-0.4, -0.2) is 35.8 Å². The maximum Gasteiger partial charge on any atom is 0.410 e. The van der Waals surface area contributed by atoms with E-state index in [4.69, 9.17) is 4.74 Å². The van der Waals surface area contributed by atoms with Gasteiger partial charge in [0.05, 0.1) is 6.54 Å². The van der Waals surface area contributed by atoms with Crippen molar-refractivity contribution < 1.29 is 14.3 Å². The summed E-state index contributed by atoms with van der Waals surface area (Å²) in [5.41, 5.74) is 1.98. The molecule has 130 valence electrons. The maximum absolute atomic E-state index is 12.5. The lowest BCUT2D eigenvalue weighted by atomic mass is 10.1. The third kappa shape index (κ3) is 4.33. The van der Waals surface area contributed by atoms with Gasteiger partial charge in [0.15, 0.2) is 0 Å². The topological polar surface area (TPSA) is 58.6 Å². The smallest absolute Gasteiger partial charge is 0.410 e. The van der Waals surface area contributed by atoms with E-state index >= 15 is 0 Å². The molecule has 0 spiro atoms. The van der Waals surface area contributed by atoms with Gasteiger partial charge in [0, 0.05) is 11.4 Å². The molecule has 0 aliphatic carbocycles. The standard InChI is InChI=1S/C19H20N2O3S/c1-25-16-9-7-15(8-10-16)12-21-17(13-24-19(21)23)18(22)20-11-14-5-3-2-4-6-14/h2-10,17H,11-13H2,1H3,(H,20,22)/t17-/m0/s1. The number of nitrogens with zero attached hydrogens (tertiary/aromatic N) is 1. The summed E-state index contributed by atoms with van der Waals surface area (Å²) in [6, 6.07) is 17.0. The van der Waals surface area contributed by atoms with E-state index in [1.807, 2.05) is 60.9 Å². The van der Waals surface area contributed by atoms with E-state index in [-0.39, 0.29) is 12.5 Å². The third-order valence-corrected chi connectivity index (χ3v) is 4.84. The van der Waals surface area contributed by atoms with Gasteiger partial charge in [0.25, 0.3) is 0 Å². The average molecular weight is 356 g/mol. The van der Waals surface area contributed by atoms with Crippen LogP contribution in [0.1, 0.15) is 11.1 Å². The van der Waals surface area contributed by atoms with E-state index in [9.17, 15) is 9.59 Å². The second kappa shape index (κ2) is 8.07. The number of cyclic esters (lactones) is 1. The average Bonchev–Trinajstić information content (AvgIpc) is 3.02. The molecular formula is C19H20N2O3S. The molecule has 2 aromatic rings. The van der Waals surface area contributed by atoms with Crippen LogP contribution in [0.3, 0.4) is 0 Å². The number of thioether (sulfide) groups is 1. The van der Waals surface area contributed by atoms with Crippen molar-refractivity contribution in [2.75, 3.05) is 12.9 Å². The molecule has 0 unspecified atom stereocenters. The minimum atomic E-state index is -0.601. The minimum absolute atomic E-state index is 0.0857. The van der Waals surface area contributed by atoms with E-state index < -0.39 is 12.1 Å². The Morgan fingerprint density at radius 3 is 2.56 bits per heavy atom. The first-order valence-corrected chi connectivity index (χ1v) is 9.28. The monoisotopic (exact) mass is 356 g/mol. The summed E-state index contributed by atoms with van der Waals surface area (Å²) < 4.78 is 5.09. The first-order chi connectivity index (χ1) is 12.2. The summed E-state index contributed by atoms with van der Waals surface area (Å²) in [6.45, 7) is 0.875. The Hall–Kier alpha value is -2.47. The maximum atomic E-state index is 12.5. The Bertz CT molecular complexity index is 734. The van der Waals surface area contributed by atoms with E-state index in [2.05, 4.69) is 5.32 Å². The zero-order chi connectivity index (χ0) is 17.6. The van der Waals surface area contributed by atoms with Crippen molar-refractivity contribution in [1.29, 1.82) is 0 Å². The molecule has 1 fully saturated rings. The minimum Gasteiger partial charge on any atom is -0.447 e. The van der Waals surface area contributed by atoms with Crippen LogP contribution in [0.2, 0.25) is 0 Å². The molecule has 3 rings (SSSR count). The Morgan fingerprint density at radius 2 is 1.88 bits per heavy atom. The van der Waals surface area contributed by atoms with Crippen LogP contribution in [0.5, 0.6) is 0 Å². The fourth-order valence-corrected chi connectivity index (χ4v) is 3.08. The molecule has 1 aliphatic rings. The van der Waals surface area contributed by atoms with Crippen molar-refractivity contribution in [1.82, 2.24) is 10.2 Å². The molecule has 1 heterocycles. The highest BCUT2D eigenvalue weighted by Crippen LogP contribution is 2.20. The molecule has 2 aromatic carbocycles. The summed E-state index contributed by atoms with van der Waals surface area (Å²) in [5, 5.41) is 2.88. The van der Waals surface area contributed by atoms with E-state index in [1.165, 1.54) is 4.90 Å². The van der Waals surface area contributed by atoms with Crippen LogP contribution in [0.4, 0.5) is 4.79 Å². The molecule has 25 heavy (non-hydrogen) atoms. The molecule has 1 saturated heterocycles. The summed E-state index contributed by atoms with van der Waals surface area (Å²) in [7, 11) is 0. The number of hydrogen-bond donors (Lipinski definition) is 1. The van der Waals surface area contributed by atoms with Gasteiger partial charge in [-0.2, -0.15) is 0 Å². The molecule has 0 aromatic heterocycles. The Kier molecular flexibility index (Phi) is 5.60. The van der Waals surface area contributed by atoms with Crippen LogP contribution in [0.25, 0.3) is 0 Å².